The van der Waals surface area contributed by atoms with Gasteiger partial charge in [0.05, 0.1) is 32.6 Å². The van der Waals surface area contributed by atoms with E-state index in [0.717, 1.165) is 18.4 Å². The molecule has 1 fully saturated rings. The third kappa shape index (κ3) is 7.63. The van der Waals surface area contributed by atoms with E-state index < -0.39 is 12.3 Å². The maximum Gasteiger partial charge on any atom is 0.413 e. The first-order chi connectivity index (χ1) is 16.9. The predicted octanol–water partition coefficient (Wildman–Crippen LogP) is 4.91. The van der Waals surface area contributed by atoms with E-state index in [9.17, 15) is 9.59 Å². The highest BCUT2D eigenvalue weighted by Crippen LogP contribution is 2.31. The van der Waals surface area contributed by atoms with Crippen molar-refractivity contribution in [2.45, 2.75) is 39.3 Å². The molecule has 0 saturated carbocycles. The van der Waals surface area contributed by atoms with Gasteiger partial charge >= 0.3 is 12.1 Å². The molecule has 9 heteroatoms. The lowest BCUT2D eigenvalue weighted by molar-refractivity contribution is -0.0297. The Balaban J connectivity index is 1.61. The Hall–Kier alpha value is -3.75. The summed E-state index contributed by atoms with van der Waals surface area (Å²) in [5, 5.41) is 9.05. The molecular formula is C26H33N3O6. The van der Waals surface area contributed by atoms with Gasteiger partial charge in [-0.2, -0.15) is 5.10 Å². The summed E-state index contributed by atoms with van der Waals surface area (Å²) < 4.78 is 21.6. The number of rotatable bonds is 9. The van der Waals surface area contributed by atoms with Crippen LogP contribution in [0.2, 0.25) is 0 Å². The summed E-state index contributed by atoms with van der Waals surface area (Å²) in [5.41, 5.74) is 1.83. The molecule has 1 aliphatic heterocycles. The zero-order chi connectivity index (χ0) is 25.2. The minimum atomic E-state index is -0.570. The highest BCUT2D eigenvalue weighted by molar-refractivity contribution is 5.90. The maximum absolute atomic E-state index is 12.6. The first-order valence-corrected chi connectivity index (χ1v) is 11.7. The number of carbonyl (C=O) groups excluding carboxylic acids is 2. The molecule has 2 aromatic carbocycles. The summed E-state index contributed by atoms with van der Waals surface area (Å²) in [6.07, 6.45) is 3.20. The van der Waals surface area contributed by atoms with Gasteiger partial charge in [0.1, 0.15) is 0 Å². The molecule has 188 valence electrons. The smallest absolute Gasteiger partial charge is 0.413 e. The largest absolute Gasteiger partial charge is 0.493 e. The van der Waals surface area contributed by atoms with Gasteiger partial charge in [0.25, 0.3) is 0 Å². The molecule has 9 nitrogen and oxygen atoms in total. The normalized spacial score (nSPS) is 15.7. The van der Waals surface area contributed by atoms with E-state index in [2.05, 4.69) is 24.3 Å². The molecule has 1 heterocycles. The third-order valence-electron chi connectivity index (χ3n) is 5.33. The molecule has 1 N–H and O–H groups in total. The van der Waals surface area contributed by atoms with E-state index >= 15 is 0 Å². The number of piperidine rings is 1. The molecule has 1 saturated heterocycles. The molecule has 1 aliphatic rings. The summed E-state index contributed by atoms with van der Waals surface area (Å²) in [4.78, 5) is 24.2. The summed E-state index contributed by atoms with van der Waals surface area (Å²) >= 11 is 0. The lowest BCUT2D eigenvalue weighted by atomic mass is 10.1. The van der Waals surface area contributed by atoms with Gasteiger partial charge in [0.15, 0.2) is 17.7 Å². The van der Waals surface area contributed by atoms with Crippen LogP contribution in [0.15, 0.2) is 47.6 Å². The average Bonchev–Trinajstić information content (AvgIpc) is 2.86. The van der Waals surface area contributed by atoms with E-state index in [1.807, 2.05) is 0 Å². The van der Waals surface area contributed by atoms with Crippen LogP contribution in [0.25, 0.3) is 0 Å². The van der Waals surface area contributed by atoms with Crippen molar-refractivity contribution in [1.29, 1.82) is 0 Å². The first kappa shape index (κ1) is 25.9. The highest BCUT2D eigenvalue weighted by atomic mass is 16.6. The van der Waals surface area contributed by atoms with Crippen molar-refractivity contribution in [3.05, 3.63) is 53.6 Å². The molecule has 1 unspecified atom stereocenters. The molecule has 35 heavy (non-hydrogen) atoms. The second kappa shape index (κ2) is 12.6. The summed E-state index contributed by atoms with van der Waals surface area (Å²) in [5.74, 6) is 1.11. The van der Waals surface area contributed by atoms with E-state index in [0.29, 0.717) is 48.2 Å². The third-order valence-corrected chi connectivity index (χ3v) is 5.33. The van der Waals surface area contributed by atoms with Gasteiger partial charge in [0.2, 0.25) is 0 Å². The number of carbonyl (C=O) groups is 2. The Morgan fingerprint density at radius 2 is 1.89 bits per heavy atom. The minimum Gasteiger partial charge on any atom is -0.493 e. The van der Waals surface area contributed by atoms with Gasteiger partial charge in [-0.15, -0.1) is 0 Å². The Morgan fingerprint density at radius 1 is 1.11 bits per heavy atom. The van der Waals surface area contributed by atoms with Gasteiger partial charge in [0, 0.05) is 24.7 Å². The van der Waals surface area contributed by atoms with Crippen molar-refractivity contribution >= 4 is 24.0 Å². The second-order valence-corrected chi connectivity index (χ2v) is 8.57. The number of methoxy groups -OCH3 is 2. The summed E-state index contributed by atoms with van der Waals surface area (Å²) in [6.45, 7) is 5.32. The van der Waals surface area contributed by atoms with E-state index in [1.165, 1.54) is 7.11 Å². The molecule has 0 aromatic heterocycles. The first-order valence-electron chi connectivity index (χ1n) is 11.7. The van der Waals surface area contributed by atoms with Crippen molar-refractivity contribution in [2.75, 3.05) is 32.7 Å². The number of nitrogens with zero attached hydrogens (tertiary/aromatic N) is 2. The van der Waals surface area contributed by atoms with Crippen LogP contribution in [0, 0.1) is 5.92 Å². The molecule has 2 aromatic rings. The fourth-order valence-corrected chi connectivity index (χ4v) is 3.50. The quantitative estimate of drug-likeness (QED) is 0.400. The second-order valence-electron chi connectivity index (χ2n) is 8.57. The minimum absolute atomic E-state index is 0.352. The Kier molecular flexibility index (Phi) is 9.34. The average molecular weight is 484 g/mol. The lowest BCUT2D eigenvalue weighted by Gasteiger charge is -2.32. The molecule has 0 aliphatic carbocycles. The number of ether oxygens (including phenoxy) is 4. The van der Waals surface area contributed by atoms with Crippen molar-refractivity contribution in [3.63, 3.8) is 0 Å². The number of anilines is 1. The molecule has 0 bridgehead atoms. The SMILES string of the molecule is COC(=O)c1ccc(C=NN2CCCCC2OC(=O)Nc2ccc(OC)c(OCC(C)C)c2)cc1. The lowest BCUT2D eigenvalue weighted by Crippen LogP contribution is -2.40. The topological polar surface area (TPSA) is 98.7 Å². The molecule has 0 radical (unpaired) electrons. The monoisotopic (exact) mass is 483 g/mol. The van der Waals surface area contributed by atoms with Crippen LogP contribution in [0.1, 0.15) is 49.0 Å². The van der Waals surface area contributed by atoms with Crippen molar-refractivity contribution in [3.8, 4) is 11.5 Å². The van der Waals surface area contributed by atoms with Crippen LogP contribution in [0.5, 0.6) is 11.5 Å². The fraction of sp³-hybridized carbons (Fsp3) is 0.423. The predicted molar refractivity (Wildman–Crippen MR) is 133 cm³/mol. The van der Waals surface area contributed by atoms with Gasteiger partial charge in [-0.05, 0) is 48.6 Å². The number of hydrogen-bond donors (Lipinski definition) is 1. The number of hydrazone groups is 1. The van der Waals surface area contributed by atoms with E-state index in [4.69, 9.17) is 18.9 Å². The van der Waals surface area contributed by atoms with Gasteiger partial charge in [-0.1, -0.05) is 26.0 Å². The molecule has 1 atom stereocenters. The van der Waals surface area contributed by atoms with Gasteiger partial charge in [-0.25, -0.2) is 9.59 Å². The molecule has 0 spiro atoms. The van der Waals surface area contributed by atoms with Crippen LogP contribution in [0.3, 0.4) is 0 Å². The van der Waals surface area contributed by atoms with Crippen molar-refractivity contribution in [2.24, 2.45) is 11.0 Å². The summed E-state index contributed by atoms with van der Waals surface area (Å²) in [7, 11) is 2.92. The zero-order valence-electron chi connectivity index (χ0n) is 20.7. The van der Waals surface area contributed by atoms with Crippen LogP contribution in [-0.2, 0) is 9.47 Å². The van der Waals surface area contributed by atoms with Crippen molar-refractivity contribution in [1.82, 2.24) is 5.01 Å². The zero-order valence-corrected chi connectivity index (χ0v) is 20.7. The number of benzene rings is 2. The van der Waals surface area contributed by atoms with Gasteiger partial charge in [-0.3, -0.25) is 10.3 Å². The van der Waals surface area contributed by atoms with Crippen molar-refractivity contribution < 1.29 is 28.5 Å². The Labute approximate surface area is 206 Å². The van der Waals surface area contributed by atoms with Gasteiger partial charge < -0.3 is 18.9 Å². The Bertz CT molecular complexity index is 1020. The Morgan fingerprint density at radius 3 is 2.57 bits per heavy atom. The fourth-order valence-electron chi connectivity index (χ4n) is 3.50. The van der Waals surface area contributed by atoms with Crippen LogP contribution in [-0.4, -0.2) is 56.9 Å². The van der Waals surface area contributed by atoms with Crippen LogP contribution >= 0.6 is 0 Å². The van der Waals surface area contributed by atoms with E-state index in [1.54, 1.807) is 60.8 Å². The van der Waals surface area contributed by atoms with Crippen LogP contribution < -0.4 is 14.8 Å². The number of hydrogen-bond acceptors (Lipinski definition) is 8. The van der Waals surface area contributed by atoms with E-state index in [-0.39, 0.29) is 5.97 Å². The molecule has 1 amide bonds. The number of amides is 1. The highest BCUT2D eigenvalue weighted by Gasteiger charge is 2.25. The summed E-state index contributed by atoms with van der Waals surface area (Å²) in [6, 6.07) is 12.1. The molecular weight excluding hydrogens is 450 g/mol. The standard InChI is InChI=1S/C26H33N3O6/c1-18(2)17-34-23-15-21(12-13-22(23)32-3)28-26(31)35-24-7-5-6-14-29(24)27-16-19-8-10-20(11-9-19)25(30)33-4/h8-13,15-16,18,24H,5-7,14,17H2,1-4H3,(H,28,31). The number of nitrogens with one attached hydrogen (secondary N) is 1. The number of esters is 1. The maximum atomic E-state index is 12.6. The molecule has 3 rings (SSSR count). The van der Waals surface area contributed by atoms with Crippen LogP contribution in [0.4, 0.5) is 10.5 Å².